The van der Waals surface area contributed by atoms with Gasteiger partial charge in [0.2, 0.25) is 15.9 Å². The van der Waals surface area contributed by atoms with Gasteiger partial charge in [0.25, 0.3) is 0 Å². The highest BCUT2D eigenvalue weighted by molar-refractivity contribution is 7.92. The summed E-state index contributed by atoms with van der Waals surface area (Å²) in [7, 11) is -3.38. The van der Waals surface area contributed by atoms with Gasteiger partial charge in [-0.2, -0.15) is 0 Å². The Bertz CT molecular complexity index is 901. The van der Waals surface area contributed by atoms with Crippen molar-refractivity contribution >= 4 is 21.6 Å². The number of benzene rings is 2. The van der Waals surface area contributed by atoms with Crippen molar-refractivity contribution < 1.29 is 22.0 Å². The molecule has 0 spiro atoms. The van der Waals surface area contributed by atoms with Gasteiger partial charge in [0, 0.05) is 12.1 Å². The first kappa shape index (κ1) is 19.8. The van der Waals surface area contributed by atoms with Gasteiger partial charge in [0.15, 0.2) is 11.6 Å². The highest BCUT2D eigenvalue weighted by Gasteiger charge is 2.12. The van der Waals surface area contributed by atoms with Crippen molar-refractivity contribution in [3.05, 3.63) is 65.2 Å². The SMILES string of the molecule is CC(NC(=O)CCc1ccc(F)c(F)c1)c1cccc(NS(C)(=O)=O)c1. The zero-order valence-electron chi connectivity index (χ0n) is 14.4. The number of sulfonamides is 1. The Hall–Kier alpha value is -2.48. The fourth-order valence-electron chi connectivity index (χ4n) is 2.44. The Balaban J connectivity index is 1.94. The average Bonchev–Trinajstić information content (AvgIpc) is 2.54. The first-order valence-electron chi connectivity index (χ1n) is 7.95. The Morgan fingerprint density at radius 1 is 1.12 bits per heavy atom. The van der Waals surface area contributed by atoms with Gasteiger partial charge in [0.05, 0.1) is 12.3 Å². The van der Waals surface area contributed by atoms with E-state index < -0.39 is 21.7 Å². The van der Waals surface area contributed by atoms with Crippen LogP contribution in [0.15, 0.2) is 42.5 Å². The Morgan fingerprint density at radius 2 is 1.85 bits per heavy atom. The van der Waals surface area contributed by atoms with Crippen LogP contribution in [0, 0.1) is 11.6 Å². The van der Waals surface area contributed by atoms with Crippen LogP contribution in [0.1, 0.15) is 30.5 Å². The van der Waals surface area contributed by atoms with Crippen LogP contribution in [0.5, 0.6) is 0 Å². The summed E-state index contributed by atoms with van der Waals surface area (Å²) in [5, 5.41) is 2.80. The number of rotatable bonds is 7. The molecule has 140 valence electrons. The number of anilines is 1. The maximum Gasteiger partial charge on any atom is 0.229 e. The number of halogens is 2. The van der Waals surface area contributed by atoms with Crippen molar-refractivity contribution in [2.75, 3.05) is 11.0 Å². The fourth-order valence-corrected chi connectivity index (χ4v) is 2.99. The molecule has 0 aliphatic rings. The monoisotopic (exact) mass is 382 g/mol. The summed E-state index contributed by atoms with van der Waals surface area (Å²) in [6, 6.07) is 9.92. The van der Waals surface area contributed by atoms with Crippen LogP contribution in [0.3, 0.4) is 0 Å². The van der Waals surface area contributed by atoms with E-state index in [4.69, 9.17) is 0 Å². The van der Waals surface area contributed by atoms with Crippen molar-refractivity contribution in [3.63, 3.8) is 0 Å². The first-order chi connectivity index (χ1) is 12.1. The molecule has 2 aromatic carbocycles. The van der Waals surface area contributed by atoms with Crippen LogP contribution in [0.4, 0.5) is 14.5 Å². The third kappa shape index (κ3) is 6.11. The van der Waals surface area contributed by atoms with Gasteiger partial charge in [-0.25, -0.2) is 17.2 Å². The number of hydrogen-bond acceptors (Lipinski definition) is 3. The second kappa shape index (κ2) is 8.27. The van der Waals surface area contributed by atoms with Crippen LogP contribution in [-0.4, -0.2) is 20.6 Å². The molecule has 2 aromatic rings. The maximum absolute atomic E-state index is 13.2. The number of carbonyl (C=O) groups is 1. The third-order valence-electron chi connectivity index (χ3n) is 3.69. The number of carbonyl (C=O) groups excluding carboxylic acids is 1. The standard InChI is InChI=1S/C18H20F2N2O3S/c1-12(14-4-3-5-15(11-14)22-26(2,24)25)21-18(23)9-7-13-6-8-16(19)17(20)10-13/h3-6,8,10-12,22H,7,9H2,1-2H3,(H,21,23). The number of hydrogen-bond donors (Lipinski definition) is 2. The van der Waals surface area contributed by atoms with Gasteiger partial charge < -0.3 is 5.32 Å². The molecule has 0 saturated carbocycles. The van der Waals surface area contributed by atoms with Gasteiger partial charge in [-0.1, -0.05) is 18.2 Å². The Kier molecular flexibility index (Phi) is 6.31. The largest absolute Gasteiger partial charge is 0.350 e. The fraction of sp³-hybridized carbons (Fsp3) is 0.278. The van der Waals surface area contributed by atoms with Crippen molar-refractivity contribution in [2.45, 2.75) is 25.8 Å². The van der Waals surface area contributed by atoms with E-state index in [1.165, 1.54) is 6.07 Å². The minimum Gasteiger partial charge on any atom is -0.350 e. The summed E-state index contributed by atoms with van der Waals surface area (Å²) in [5.41, 5.74) is 1.68. The smallest absolute Gasteiger partial charge is 0.229 e. The molecule has 1 unspecified atom stereocenters. The molecule has 0 fully saturated rings. The lowest BCUT2D eigenvalue weighted by Gasteiger charge is -2.16. The molecule has 0 saturated heterocycles. The third-order valence-corrected chi connectivity index (χ3v) is 4.30. The van der Waals surface area contributed by atoms with E-state index in [0.29, 0.717) is 11.3 Å². The van der Waals surface area contributed by atoms with Crippen LogP contribution < -0.4 is 10.0 Å². The molecule has 0 aromatic heterocycles. The second-order valence-electron chi connectivity index (χ2n) is 6.04. The lowest BCUT2D eigenvalue weighted by Crippen LogP contribution is -2.27. The minimum absolute atomic E-state index is 0.122. The second-order valence-corrected chi connectivity index (χ2v) is 7.79. The van der Waals surface area contributed by atoms with E-state index in [2.05, 4.69) is 10.0 Å². The molecule has 1 atom stereocenters. The van der Waals surface area contributed by atoms with E-state index >= 15 is 0 Å². The van der Waals surface area contributed by atoms with Gasteiger partial charge in [-0.3, -0.25) is 9.52 Å². The molecule has 1 amide bonds. The predicted octanol–water partition coefficient (Wildman–Crippen LogP) is 3.15. The Morgan fingerprint density at radius 3 is 2.50 bits per heavy atom. The van der Waals surface area contributed by atoms with Crippen molar-refractivity contribution in [1.82, 2.24) is 5.32 Å². The molecule has 0 heterocycles. The van der Waals surface area contributed by atoms with Gasteiger partial charge >= 0.3 is 0 Å². The summed E-state index contributed by atoms with van der Waals surface area (Å²) in [4.78, 5) is 12.1. The van der Waals surface area contributed by atoms with Crippen molar-refractivity contribution in [2.24, 2.45) is 0 Å². The van der Waals surface area contributed by atoms with E-state index in [1.54, 1.807) is 31.2 Å². The van der Waals surface area contributed by atoms with Gasteiger partial charge in [-0.05, 0) is 48.7 Å². The zero-order chi connectivity index (χ0) is 19.3. The van der Waals surface area contributed by atoms with Gasteiger partial charge in [-0.15, -0.1) is 0 Å². The number of nitrogens with one attached hydrogen (secondary N) is 2. The number of amides is 1. The lowest BCUT2D eigenvalue weighted by molar-refractivity contribution is -0.121. The lowest BCUT2D eigenvalue weighted by atomic mass is 10.1. The average molecular weight is 382 g/mol. The minimum atomic E-state index is -3.38. The summed E-state index contributed by atoms with van der Waals surface area (Å²) < 4.78 is 51.0. The van der Waals surface area contributed by atoms with E-state index in [1.807, 2.05) is 0 Å². The van der Waals surface area contributed by atoms with Crippen LogP contribution in [-0.2, 0) is 21.2 Å². The molecular formula is C18H20F2N2O3S. The molecule has 0 aliphatic carbocycles. The topological polar surface area (TPSA) is 75.3 Å². The molecule has 2 rings (SSSR count). The number of aryl methyl sites for hydroxylation is 1. The molecule has 5 nitrogen and oxygen atoms in total. The summed E-state index contributed by atoms with van der Waals surface area (Å²) in [6.45, 7) is 1.77. The summed E-state index contributed by atoms with van der Waals surface area (Å²) in [5.74, 6) is -2.11. The van der Waals surface area contributed by atoms with Gasteiger partial charge in [0.1, 0.15) is 0 Å². The normalized spacial score (nSPS) is 12.5. The highest BCUT2D eigenvalue weighted by atomic mass is 32.2. The molecule has 0 bridgehead atoms. The van der Waals surface area contributed by atoms with Crippen LogP contribution >= 0.6 is 0 Å². The Labute approximate surface area is 151 Å². The van der Waals surface area contributed by atoms with E-state index in [9.17, 15) is 22.0 Å². The van der Waals surface area contributed by atoms with E-state index in [0.717, 1.165) is 24.0 Å². The predicted molar refractivity (Wildman–Crippen MR) is 96.1 cm³/mol. The van der Waals surface area contributed by atoms with Crippen LogP contribution in [0.2, 0.25) is 0 Å². The molecule has 8 heteroatoms. The van der Waals surface area contributed by atoms with Crippen molar-refractivity contribution in [3.8, 4) is 0 Å². The molecule has 2 N–H and O–H groups in total. The molecule has 0 aliphatic heterocycles. The summed E-state index contributed by atoms with van der Waals surface area (Å²) >= 11 is 0. The van der Waals surface area contributed by atoms with Crippen molar-refractivity contribution in [1.29, 1.82) is 0 Å². The highest BCUT2D eigenvalue weighted by Crippen LogP contribution is 2.18. The molecule has 26 heavy (non-hydrogen) atoms. The van der Waals surface area contributed by atoms with Crippen LogP contribution in [0.25, 0.3) is 0 Å². The quantitative estimate of drug-likeness (QED) is 0.772. The molecular weight excluding hydrogens is 362 g/mol. The summed E-state index contributed by atoms with van der Waals surface area (Å²) in [6.07, 6.45) is 1.46. The van der Waals surface area contributed by atoms with E-state index in [-0.39, 0.29) is 24.8 Å². The first-order valence-corrected chi connectivity index (χ1v) is 9.84. The maximum atomic E-state index is 13.2. The molecule has 0 radical (unpaired) electrons. The zero-order valence-corrected chi connectivity index (χ0v) is 15.2.